The standard InChI is InChI=1S/C30H29ClFN3O2.ClH/c1-19(25-11-5-7-20-6-2-3-10-26(20)25)33-16-22-12-13-35(18-27(22)21-8-4-9-24(32)14-21)29-28(31)15-23(17-34-29)30(36)37;/h2-11,14-15,17,19,22,27,33H,12-13,16,18H2,1H3,(H,36,37);1H/t19-,22?,27?;/m1./s1. The van der Waals surface area contributed by atoms with E-state index in [1.54, 1.807) is 12.1 Å². The molecule has 38 heavy (non-hydrogen) atoms. The van der Waals surface area contributed by atoms with Gasteiger partial charge in [-0.15, -0.1) is 12.4 Å². The molecule has 0 bridgehead atoms. The normalized spacial score (nSPS) is 18.1. The summed E-state index contributed by atoms with van der Waals surface area (Å²) in [5.74, 6) is -0.444. The summed E-state index contributed by atoms with van der Waals surface area (Å²) < 4.78 is 14.2. The fourth-order valence-electron chi connectivity index (χ4n) is 5.40. The summed E-state index contributed by atoms with van der Waals surface area (Å²) in [7, 11) is 0. The van der Waals surface area contributed by atoms with Crippen LogP contribution in [0.15, 0.2) is 79.0 Å². The van der Waals surface area contributed by atoms with Crippen LogP contribution in [0, 0.1) is 11.7 Å². The molecule has 1 fully saturated rings. The number of nitrogens with zero attached hydrogens (tertiary/aromatic N) is 2. The molecule has 0 spiro atoms. The largest absolute Gasteiger partial charge is 0.478 e. The lowest BCUT2D eigenvalue weighted by atomic mass is 9.80. The molecule has 198 valence electrons. The number of anilines is 1. The Balaban J connectivity index is 0.00000336. The molecule has 1 aliphatic rings. The van der Waals surface area contributed by atoms with E-state index in [2.05, 4.69) is 64.6 Å². The van der Waals surface area contributed by atoms with Gasteiger partial charge in [-0.3, -0.25) is 0 Å². The zero-order chi connectivity index (χ0) is 25.9. The summed E-state index contributed by atoms with van der Waals surface area (Å²) in [4.78, 5) is 17.7. The molecule has 1 aliphatic heterocycles. The van der Waals surface area contributed by atoms with Gasteiger partial charge in [0.15, 0.2) is 0 Å². The van der Waals surface area contributed by atoms with Crippen LogP contribution in [-0.4, -0.2) is 35.7 Å². The average Bonchev–Trinajstić information content (AvgIpc) is 2.91. The number of benzene rings is 3. The number of nitrogens with one attached hydrogen (secondary N) is 1. The third kappa shape index (κ3) is 5.93. The Morgan fingerprint density at radius 2 is 1.92 bits per heavy atom. The highest BCUT2D eigenvalue weighted by Crippen LogP contribution is 2.37. The molecule has 3 atom stereocenters. The predicted octanol–water partition coefficient (Wildman–Crippen LogP) is 7.11. The monoisotopic (exact) mass is 553 g/mol. The van der Waals surface area contributed by atoms with Crippen molar-refractivity contribution < 1.29 is 14.3 Å². The zero-order valence-corrected chi connectivity index (χ0v) is 22.6. The van der Waals surface area contributed by atoms with E-state index in [9.17, 15) is 14.3 Å². The molecule has 0 radical (unpaired) electrons. The number of carboxylic acids is 1. The summed E-state index contributed by atoms with van der Waals surface area (Å²) in [6.45, 7) is 4.29. The Bertz CT molecular complexity index is 1430. The number of hydrogen-bond donors (Lipinski definition) is 2. The molecule has 2 N–H and O–H groups in total. The van der Waals surface area contributed by atoms with Crippen molar-refractivity contribution in [3.05, 3.63) is 107 Å². The van der Waals surface area contributed by atoms with E-state index in [-0.39, 0.29) is 41.7 Å². The maximum Gasteiger partial charge on any atom is 0.337 e. The van der Waals surface area contributed by atoms with Crippen molar-refractivity contribution in [2.24, 2.45) is 5.92 Å². The smallest absolute Gasteiger partial charge is 0.337 e. The maximum atomic E-state index is 14.2. The van der Waals surface area contributed by atoms with E-state index < -0.39 is 5.97 Å². The van der Waals surface area contributed by atoms with Crippen LogP contribution in [0.2, 0.25) is 5.02 Å². The van der Waals surface area contributed by atoms with Crippen molar-refractivity contribution in [2.45, 2.75) is 25.3 Å². The number of carbonyl (C=O) groups is 1. The summed E-state index contributed by atoms with van der Waals surface area (Å²) in [6.07, 6.45) is 2.19. The third-order valence-corrected chi connectivity index (χ3v) is 7.66. The van der Waals surface area contributed by atoms with Gasteiger partial charge in [0, 0.05) is 31.2 Å². The van der Waals surface area contributed by atoms with Crippen molar-refractivity contribution in [1.82, 2.24) is 10.3 Å². The minimum atomic E-state index is -1.07. The van der Waals surface area contributed by atoms with Crippen LogP contribution in [0.25, 0.3) is 10.8 Å². The molecule has 2 unspecified atom stereocenters. The van der Waals surface area contributed by atoms with E-state index in [1.807, 2.05) is 6.07 Å². The van der Waals surface area contributed by atoms with Gasteiger partial charge in [-0.25, -0.2) is 14.2 Å². The predicted molar refractivity (Wildman–Crippen MR) is 153 cm³/mol. The molecule has 0 aliphatic carbocycles. The number of fused-ring (bicyclic) bond motifs is 1. The number of carboxylic acid groups (broad SMARTS) is 1. The summed E-state index contributed by atoms with van der Waals surface area (Å²) >= 11 is 6.44. The fourth-order valence-corrected chi connectivity index (χ4v) is 5.68. The Hall–Kier alpha value is -3.19. The molecule has 1 saturated heterocycles. The van der Waals surface area contributed by atoms with Gasteiger partial charge in [0.25, 0.3) is 0 Å². The molecule has 0 saturated carbocycles. The molecule has 5 nitrogen and oxygen atoms in total. The number of pyridine rings is 1. The Kier molecular flexibility index (Phi) is 8.87. The molecule has 3 aromatic carbocycles. The van der Waals surface area contributed by atoms with Gasteiger partial charge in [0.05, 0.1) is 10.6 Å². The third-order valence-electron chi connectivity index (χ3n) is 7.38. The van der Waals surface area contributed by atoms with E-state index in [0.29, 0.717) is 17.4 Å². The second-order valence-corrected chi connectivity index (χ2v) is 10.1. The van der Waals surface area contributed by atoms with Crippen LogP contribution in [-0.2, 0) is 0 Å². The van der Waals surface area contributed by atoms with Crippen LogP contribution < -0.4 is 10.2 Å². The van der Waals surface area contributed by atoms with Crippen LogP contribution in [0.4, 0.5) is 10.2 Å². The Morgan fingerprint density at radius 1 is 1.16 bits per heavy atom. The zero-order valence-electron chi connectivity index (χ0n) is 21.0. The molecular weight excluding hydrogens is 524 g/mol. The molecule has 5 rings (SSSR count). The highest BCUT2D eigenvalue weighted by Gasteiger charge is 2.32. The fraction of sp³-hybridized carbons (Fsp3) is 0.267. The Labute approximate surface area is 233 Å². The van der Waals surface area contributed by atoms with Gasteiger partial charge in [-0.05, 0) is 65.9 Å². The van der Waals surface area contributed by atoms with Gasteiger partial charge < -0.3 is 15.3 Å². The highest BCUT2D eigenvalue weighted by atomic mass is 35.5. The first-order valence-electron chi connectivity index (χ1n) is 12.5. The van der Waals surface area contributed by atoms with Crippen LogP contribution in [0.3, 0.4) is 0 Å². The summed E-state index contributed by atoms with van der Waals surface area (Å²) in [6, 6.07) is 23.2. The minimum absolute atomic E-state index is 0. The topological polar surface area (TPSA) is 65.5 Å². The molecule has 0 amide bonds. The van der Waals surface area contributed by atoms with Crippen LogP contribution >= 0.6 is 24.0 Å². The number of halogens is 3. The van der Waals surface area contributed by atoms with Gasteiger partial charge in [-0.1, -0.05) is 66.2 Å². The first-order chi connectivity index (χ1) is 17.9. The first kappa shape index (κ1) is 27.8. The molecular formula is C30H30Cl2FN3O2. The average molecular weight is 554 g/mol. The lowest BCUT2D eigenvalue weighted by Crippen LogP contribution is -2.43. The number of aromatic carboxylic acids is 1. The number of hydrogen-bond acceptors (Lipinski definition) is 4. The SMILES string of the molecule is C[C@@H](NCC1CCN(c2ncc(C(=O)O)cc2Cl)CC1c1cccc(F)c1)c1cccc2ccccc12.Cl. The number of piperidine rings is 1. The van der Waals surface area contributed by atoms with Gasteiger partial charge >= 0.3 is 5.97 Å². The second kappa shape index (κ2) is 12.1. The lowest BCUT2D eigenvalue weighted by molar-refractivity contribution is 0.0696. The highest BCUT2D eigenvalue weighted by molar-refractivity contribution is 6.33. The minimum Gasteiger partial charge on any atom is -0.478 e. The van der Waals surface area contributed by atoms with Crippen molar-refractivity contribution in [3.63, 3.8) is 0 Å². The van der Waals surface area contributed by atoms with E-state index in [4.69, 9.17) is 11.6 Å². The Morgan fingerprint density at radius 3 is 2.68 bits per heavy atom. The number of aromatic nitrogens is 1. The van der Waals surface area contributed by atoms with Crippen molar-refractivity contribution >= 4 is 46.6 Å². The van der Waals surface area contributed by atoms with Crippen molar-refractivity contribution in [2.75, 3.05) is 24.5 Å². The van der Waals surface area contributed by atoms with Crippen molar-refractivity contribution in [3.8, 4) is 0 Å². The molecule has 4 aromatic rings. The molecule has 1 aromatic heterocycles. The van der Waals surface area contributed by atoms with E-state index in [1.165, 1.54) is 34.7 Å². The summed E-state index contributed by atoms with van der Waals surface area (Å²) in [5, 5.41) is 15.8. The van der Waals surface area contributed by atoms with Crippen LogP contribution in [0.5, 0.6) is 0 Å². The van der Waals surface area contributed by atoms with Gasteiger partial charge in [-0.2, -0.15) is 0 Å². The van der Waals surface area contributed by atoms with Gasteiger partial charge in [0.1, 0.15) is 11.6 Å². The molecule has 8 heteroatoms. The number of rotatable bonds is 7. The quantitative estimate of drug-likeness (QED) is 0.255. The van der Waals surface area contributed by atoms with Gasteiger partial charge in [0.2, 0.25) is 0 Å². The van der Waals surface area contributed by atoms with E-state index >= 15 is 0 Å². The second-order valence-electron chi connectivity index (χ2n) is 9.69. The maximum absolute atomic E-state index is 14.2. The molecule has 2 heterocycles. The van der Waals surface area contributed by atoms with E-state index in [0.717, 1.165) is 25.1 Å². The van der Waals surface area contributed by atoms with Crippen molar-refractivity contribution in [1.29, 1.82) is 0 Å². The first-order valence-corrected chi connectivity index (χ1v) is 12.9. The summed E-state index contributed by atoms with van der Waals surface area (Å²) in [5.41, 5.74) is 2.25. The van der Waals surface area contributed by atoms with Crippen LogP contribution in [0.1, 0.15) is 46.8 Å². The lowest BCUT2D eigenvalue weighted by Gasteiger charge is -2.40.